The third-order valence-corrected chi connectivity index (χ3v) is 2.61. The van der Waals surface area contributed by atoms with E-state index in [-0.39, 0.29) is 0 Å². The number of fused-ring (bicyclic) bond motifs is 2. The number of aromatic nitrogens is 2. The summed E-state index contributed by atoms with van der Waals surface area (Å²) in [5, 5.41) is 0. The molecule has 0 saturated heterocycles. The molecule has 0 unspecified atom stereocenters. The molecular formula is C12H14N2O3. The molecule has 1 aliphatic heterocycles. The Hall–Kier alpha value is -1.91. The van der Waals surface area contributed by atoms with E-state index in [0.29, 0.717) is 25.8 Å². The van der Waals surface area contributed by atoms with Crippen molar-refractivity contribution in [2.24, 2.45) is 0 Å². The number of nitrogens with zero attached hydrogens (tertiary/aromatic N) is 1. The number of aromatic amines is 1. The molecule has 0 spiro atoms. The highest BCUT2D eigenvalue weighted by molar-refractivity contribution is 5.80. The maximum absolute atomic E-state index is 5.61. The zero-order valence-corrected chi connectivity index (χ0v) is 9.66. The summed E-state index contributed by atoms with van der Waals surface area (Å²) >= 11 is 0. The molecule has 5 nitrogen and oxygen atoms in total. The van der Waals surface area contributed by atoms with Crippen molar-refractivity contribution in [3.8, 4) is 17.5 Å². The molecular weight excluding hydrogens is 220 g/mol. The lowest BCUT2D eigenvalue weighted by molar-refractivity contribution is 0.297. The average Bonchev–Trinajstić information content (AvgIpc) is 2.55. The fourth-order valence-corrected chi connectivity index (χ4v) is 1.85. The summed E-state index contributed by atoms with van der Waals surface area (Å²) in [6, 6.07) is 4.32. The van der Waals surface area contributed by atoms with Crippen LogP contribution in [0.25, 0.3) is 11.0 Å². The molecule has 5 heteroatoms. The molecule has 0 radical (unpaired) electrons. The van der Waals surface area contributed by atoms with Gasteiger partial charge in [-0.3, -0.25) is 0 Å². The van der Waals surface area contributed by atoms with Gasteiger partial charge in [0.25, 0.3) is 6.01 Å². The Morgan fingerprint density at radius 3 is 2.82 bits per heavy atom. The first-order valence-electron chi connectivity index (χ1n) is 5.79. The Kier molecular flexibility index (Phi) is 2.51. The van der Waals surface area contributed by atoms with Crippen molar-refractivity contribution >= 4 is 11.0 Å². The van der Waals surface area contributed by atoms with Crippen LogP contribution in [0.5, 0.6) is 17.5 Å². The molecule has 17 heavy (non-hydrogen) atoms. The maximum Gasteiger partial charge on any atom is 0.294 e. The van der Waals surface area contributed by atoms with E-state index in [1.807, 2.05) is 19.1 Å². The van der Waals surface area contributed by atoms with Gasteiger partial charge in [-0.05, 0) is 6.92 Å². The highest BCUT2D eigenvalue weighted by atomic mass is 16.5. The minimum atomic E-state index is 0.530. The van der Waals surface area contributed by atoms with E-state index in [9.17, 15) is 0 Å². The lowest BCUT2D eigenvalue weighted by Crippen LogP contribution is -1.97. The number of imidazole rings is 1. The van der Waals surface area contributed by atoms with E-state index in [1.165, 1.54) is 0 Å². The second-order valence-corrected chi connectivity index (χ2v) is 3.84. The van der Waals surface area contributed by atoms with E-state index in [0.717, 1.165) is 29.0 Å². The van der Waals surface area contributed by atoms with Crippen LogP contribution in [-0.2, 0) is 0 Å². The molecule has 1 aromatic carbocycles. The van der Waals surface area contributed by atoms with Gasteiger partial charge < -0.3 is 19.2 Å². The fourth-order valence-electron chi connectivity index (χ4n) is 1.85. The summed E-state index contributed by atoms with van der Waals surface area (Å²) in [5.74, 6) is 1.52. The van der Waals surface area contributed by atoms with Crippen LogP contribution in [0.1, 0.15) is 13.3 Å². The molecule has 0 aliphatic carbocycles. The first kappa shape index (κ1) is 10.3. The molecule has 0 fully saturated rings. The highest BCUT2D eigenvalue weighted by Gasteiger charge is 2.14. The number of ether oxygens (including phenoxy) is 3. The van der Waals surface area contributed by atoms with Crippen molar-refractivity contribution in [1.29, 1.82) is 0 Å². The molecule has 1 N–H and O–H groups in total. The quantitative estimate of drug-likeness (QED) is 0.864. The summed E-state index contributed by atoms with van der Waals surface area (Å²) in [4.78, 5) is 7.43. The van der Waals surface area contributed by atoms with E-state index >= 15 is 0 Å². The lowest BCUT2D eigenvalue weighted by Gasteiger charge is -2.05. The summed E-state index contributed by atoms with van der Waals surface area (Å²) < 4.78 is 16.5. The van der Waals surface area contributed by atoms with E-state index in [1.54, 1.807) is 0 Å². The SMILES string of the molecule is CCOc1nc2cc3c(cc2[nH]1)OCCCO3. The average molecular weight is 234 g/mol. The standard InChI is InChI=1S/C12H14N2O3/c1-2-15-12-13-8-6-10-11(7-9(8)14-12)17-5-3-4-16-10/h6-7H,2-5H2,1H3,(H,13,14). The Morgan fingerprint density at radius 2 is 2.06 bits per heavy atom. The predicted molar refractivity (Wildman–Crippen MR) is 62.9 cm³/mol. The number of H-pyrrole nitrogens is 1. The molecule has 0 amide bonds. The van der Waals surface area contributed by atoms with Crippen molar-refractivity contribution in [2.75, 3.05) is 19.8 Å². The number of hydrogen-bond acceptors (Lipinski definition) is 4. The van der Waals surface area contributed by atoms with Crippen molar-refractivity contribution in [2.45, 2.75) is 13.3 Å². The molecule has 1 aliphatic rings. The Morgan fingerprint density at radius 1 is 1.29 bits per heavy atom. The molecule has 1 aromatic heterocycles. The Balaban J connectivity index is 2.05. The third-order valence-electron chi connectivity index (χ3n) is 2.61. The van der Waals surface area contributed by atoms with Crippen LogP contribution in [0.15, 0.2) is 12.1 Å². The van der Waals surface area contributed by atoms with Gasteiger partial charge in [0, 0.05) is 18.6 Å². The van der Waals surface area contributed by atoms with E-state index in [2.05, 4.69) is 9.97 Å². The van der Waals surface area contributed by atoms with Gasteiger partial charge in [0.2, 0.25) is 0 Å². The Labute approximate surface area is 98.7 Å². The highest BCUT2D eigenvalue weighted by Crippen LogP contribution is 2.34. The summed E-state index contributed by atoms with van der Waals surface area (Å²) in [6.45, 7) is 3.88. The topological polar surface area (TPSA) is 56.4 Å². The largest absolute Gasteiger partial charge is 0.489 e. The number of nitrogens with one attached hydrogen (secondary N) is 1. The molecule has 2 heterocycles. The zero-order valence-electron chi connectivity index (χ0n) is 9.66. The predicted octanol–water partition coefficient (Wildman–Crippen LogP) is 2.12. The first-order valence-corrected chi connectivity index (χ1v) is 5.79. The second kappa shape index (κ2) is 4.16. The molecule has 2 aromatic rings. The van der Waals surface area contributed by atoms with Crippen LogP contribution in [0, 0.1) is 0 Å². The zero-order chi connectivity index (χ0) is 11.7. The summed E-state index contributed by atoms with van der Waals surface area (Å²) in [7, 11) is 0. The number of rotatable bonds is 2. The van der Waals surface area contributed by atoms with Gasteiger partial charge in [-0.2, -0.15) is 4.98 Å². The minimum Gasteiger partial charge on any atom is -0.489 e. The van der Waals surface area contributed by atoms with Crippen molar-refractivity contribution < 1.29 is 14.2 Å². The monoisotopic (exact) mass is 234 g/mol. The Bertz CT molecular complexity index is 493. The lowest BCUT2D eigenvalue weighted by atomic mass is 10.3. The second-order valence-electron chi connectivity index (χ2n) is 3.84. The van der Waals surface area contributed by atoms with Gasteiger partial charge in [-0.25, -0.2) is 0 Å². The summed E-state index contributed by atoms with van der Waals surface area (Å²) in [5.41, 5.74) is 1.73. The maximum atomic E-state index is 5.61. The minimum absolute atomic E-state index is 0.530. The van der Waals surface area contributed by atoms with Crippen LogP contribution >= 0.6 is 0 Å². The van der Waals surface area contributed by atoms with Gasteiger partial charge in [0.15, 0.2) is 11.5 Å². The summed E-state index contributed by atoms with van der Waals surface area (Å²) in [6.07, 6.45) is 0.903. The van der Waals surface area contributed by atoms with Gasteiger partial charge in [0.05, 0.1) is 30.9 Å². The van der Waals surface area contributed by atoms with E-state index < -0.39 is 0 Å². The van der Waals surface area contributed by atoms with Crippen molar-refractivity contribution in [1.82, 2.24) is 9.97 Å². The molecule has 3 rings (SSSR count). The first-order chi connectivity index (χ1) is 8.36. The van der Waals surface area contributed by atoms with Crippen LogP contribution in [-0.4, -0.2) is 29.8 Å². The smallest absolute Gasteiger partial charge is 0.294 e. The van der Waals surface area contributed by atoms with E-state index in [4.69, 9.17) is 14.2 Å². The van der Waals surface area contributed by atoms with Gasteiger partial charge in [-0.1, -0.05) is 0 Å². The molecule has 0 atom stereocenters. The van der Waals surface area contributed by atoms with Crippen molar-refractivity contribution in [3.05, 3.63) is 12.1 Å². The van der Waals surface area contributed by atoms with Gasteiger partial charge >= 0.3 is 0 Å². The molecule has 90 valence electrons. The van der Waals surface area contributed by atoms with Crippen LogP contribution in [0.3, 0.4) is 0 Å². The van der Waals surface area contributed by atoms with Gasteiger partial charge in [-0.15, -0.1) is 0 Å². The van der Waals surface area contributed by atoms with Crippen LogP contribution in [0.4, 0.5) is 0 Å². The fraction of sp³-hybridized carbons (Fsp3) is 0.417. The third kappa shape index (κ3) is 1.88. The normalized spacial score (nSPS) is 14.6. The van der Waals surface area contributed by atoms with Crippen LogP contribution < -0.4 is 14.2 Å². The van der Waals surface area contributed by atoms with Gasteiger partial charge in [0.1, 0.15) is 0 Å². The number of benzene rings is 1. The van der Waals surface area contributed by atoms with Crippen LogP contribution in [0.2, 0.25) is 0 Å². The molecule has 0 bridgehead atoms. The van der Waals surface area contributed by atoms with Crippen molar-refractivity contribution in [3.63, 3.8) is 0 Å². The molecule has 0 saturated carbocycles. The number of hydrogen-bond donors (Lipinski definition) is 1.